The third-order valence-corrected chi connectivity index (χ3v) is 4.47. The molecule has 0 spiro atoms. The standard InChI is InChI=1S/C17H31N3/c1-14(2)12-18-13-17(8-5-6-9-17)11-16-7-10-20(19-16)15(3)4/h7,10,14-15,18H,5-6,8-9,11-13H2,1-4H3. The van der Waals surface area contributed by atoms with Crippen LogP contribution in [0.1, 0.15) is 65.1 Å². The van der Waals surface area contributed by atoms with E-state index in [-0.39, 0.29) is 0 Å². The summed E-state index contributed by atoms with van der Waals surface area (Å²) >= 11 is 0. The van der Waals surface area contributed by atoms with Gasteiger partial charge in [-0.3, -0.25) is 4.68 Å². The van der Waals surface area contributed by atoms with Crippen LogP contribution in [0.3, 0.4) is 0 Å². The highest BCUT2D eigenvalue weighted by molar-refractivity contribution is 5.05. The van der Waals surface area contributed by atoms with E-state index in [1.54, 1.807) is 0 Å². The number of nitrogens with zero attached hydrogens (tertiary/aromatic N) is 2. The largest absolute Gasteiger partial charge is 0.316 e. The maximum Gasteiger partial charge on any atom is 0.0630 e. The van der Waals surface area contributed by atoms with E-state index in [4.69, 9.17) is 5.10 Å². The molecule has 1 heterocycles. The summed E-state index contributed by atoms with van der Waals surface area (Å²) in [5, 5.41) is 8.43. The second-order valence-corrected chi connectivity index (χ2v) is 7.29. The third kappa shape index (κ3) is 4.08. The summed E-state index contributed by atoms with van der Waals surface area (Å²) in [5.74, 6) is 0.730. The van der Waals surface area contributed by atoms with E-state index in [0.717, 1.165) is 25.4 Å². The average Bonchev–Trinajstić information content (AvgIpc) is 2.99. The van der Waals surface area contributed by atoms with Crippen molar-refractivity contribution in [2.24, 2.45) is 11.3 Å². The van der Waals surface area contributed by atoms with Crippen LogP contribution >= 0.6 is 0 Å². The van der Waals surface area contributed by atoms with Gasteiger partial charge >= 0.3 is 0 Å². The summed E-state index contributed by atoms with van der Waals surface area (Å²) in [7, 11) is 0. The highest BCUT2D eigenvalue weighted by Crippen LogP contribution is 2.40. The van der Waals surface area contributed by atoms with E-state index in [1.165, 1.54) is 31.4 Å². The van der Waals surface area contributed by atoms with Crippen LogP contribution in [0.2, 0.25) is 0 Å². The van der Waals surface area contributed by atoms with Gasteiger partial charge in [0, 0.05) is 18.8 Å². The first-order chi connectivity index (χ1) is 9.51. The van der Waals surface area contributed by atoms with E-state index >= 15 is 0 Å². The molecule has 3 heteroatoms. The lowest BCUT2D eigenvalue weighted by molar-refractivity contribution is 0.269. The van der Waals surface area contributed by atoms with Crippen molar-refractivity contribution < 1.29 is 0 Å². The Kier molecular flexibility index (Phi) is 5.25. The molecule has 1 fully saturated rings. The fourth-order valence-electron chi connectivity index (χ4n) is 3.31. The van der Waals surface area contributed by atoms with E-state index in [1.807, 2.05) is 0 Å². The molecule has 3 nitrogen and oxygen atoms in total. The van der Waals surface area contributed by atoms with Crippen LogP contribution in [0.25, 0.3) is 0 Å². The second-order valence-electron chi connectivity index (χ2n) is 7.29. The molecule has 0 radical (unpaired) electrons. The molecule has 0 unspecified atom stereocenters. The van der Waals surface area contributed by atoms with E-state index < -0.39 is 0 Å². The Bertz CT molecular complexity index is 400. The van der Waals surface area contributed by atoms with Gasteiger partial charge in [-0.1, -0.05) is 26.7 Å². The van der Waals surface area contributed by atoms with Crippen LogP contribution in [0.5, 0.6) is 0 Å². The normalized spacial score (nSPS) is 18.3. The SMILES string of the molecule is CC(C)CNCC1(Cc2ccn(C(C)C)n2)CCCC1. The minimum absolute atomic E-state index is 0.449. The summed E-state index contributed by atoms with van der Waals surface area (Å²) in [5.41, 5.74) is 1.72. The molecule has 1 aromatic rings. The molecule has 114 valence electrons. The van der Waals surface area contributed by atoms with Crippen molar-refractivity contribution in [1.29, 1.82) is 0 Å². The number of hydrogen-bond acceptors (Lipinski definition) is 2. The first-order valence-corrected chi connectivity index (χ1v) is 8.25. The van der Waals surface area contributed by atoms with Crippen LogP contribution in [0, 0.1) is 11.3 Å². The van der Waals surface area contributed by atoms with Crippen LogP contribution in [0.15, 0.2) is 12.3 Å². The summed E-state index contributed by atoms with van der Waals surface area (Å²) in [6.45, 7) is 11.2. The summed E-state index contributed by atoms with van der Waals surface area (Å²) in [6, 6.07) is 2.67. The van der Waals surface area contributed by atoms with Crippen molar-refractivity contribution in [3.05, 3.63) is 18.0 Å². The van der Waals surface area contributed by atoms with E-state index in [0.29, 0.717) is 11.5 Å². The van der Waals surface area contributed by atoms with Gasteiger partial charge in [0.15, 0.2) is 0 Å². The monoisotopic (exact) mass is 277 g/mol. The Morgan fingerprint density at radius 1 is 1.25 bits per heavy atom. The molecule has 1 saturated carbocycles. The number of hydrogen-bond donors (Lipinski definition) is 1. The molecule has 0 aromatic carbocycles. The van der Waals surface area contributed by atoms with E-state index in [2.05, 4.69) is 50.0 Å². The molecule has 2 rings (SSSR count). The number of nitrogens with one attached hydrogen (secondary N) is 1. The molecule has 0 aliphatic heterocycles. The van der Waals surface area contributed by atoms with Gasteiger partial charge in [0.05, 0.1) is 5.69 Å². The quantitative estimate of drug-likeness (QED) is 0.821. The van der Waals surface area contributed by atoms with Crippen molar-refractivity contribution in [3.63, 3.8) is 0 Å². The zero-order valence-electron chi connectivity index (χ0n) is 13.7. The maximum absolute atomic E-state index is 4.75. The van der Waals surface area contributed by atoms with Gasteiger partial charge < -0.3 is 5.32 Å². The molecule has 1 aromatic heterocycles. The molecular formula is C17H31N3. The average molecular weight is 277 g/mol. The van der Waals surface area contributed by atoms with Crippen LogP contribution in [-0.4, -0.2) is 22.9 Å². The zero-order valence-corrected chi connectivity index (χ0v) is 13.7. The third-order valence-electron chi connectivity index (χ3n) is 4.47. The fourth-order valence-corrected chi connectivity index (χ4v) is 3.31. The first-order valence-electron chi connectivity index (χ1n) is 8.25. The molecular weight excluding hydrogens is 246 g/mol. The molecule has 0 atom stereocenters. The van der Waals surface area contributed by atoms with Gasteiger partial charge in [0.1, 0.15) is 0 Å². The van der Waals surface area contributed by atoms with Gasteiger partial charge in [-0.2, -0.15) is 5.10 Å². The van der Waals surface area contributed by atoms with Crippen LogP contribution in [0.4, 0.5) is 0 Å². The van der Waals surface area contributed by atoms with Gasteiger partial charge in [0.25, 0.3) is 0 Å². The molecule has 1 N–H and O–H groups in total. The van der Waals surface area contributed by atoms with Gasteiger partial charge in [-0.25, -0.2) is 0 Å². The van der Waals surface area contributed by atoms with Gasteiger partial charge in [0.2, 0.25) is 0 Å². The lowest BCUT2D eigenvalue weighted by Gasteiger charge is -2.29. The van der Waals surface area contributed by atoms with Crippen molar-refractivity contribution in [1.82, 2.24) is 15.1 Å². The summed E-state index contributed by atoms with van der Waals surface area (Å²) in [6.07, 6.45) is 8.74. The Morgan fingerprint density at radius 3 is 2.50 bits per heavy atom. The van der Waals surface area contributed by atoms with Crippen molar-refractivity contribution in [2.75, 3.05) is 13.1 Å². The molecule has 0 saturated heterocycles. The van der Waals surface area contributed by atoms with Crippen LogP contribution < -0.4 is 5.32 Å². The fraction of sp³-hybridized carbons (Fsp3) is 0.824. The molecule has 20 heavy (non-hydrogen) atoms. The van der Waals surface area contributed by atoms with Gasteiger partial charge in [-0.05, 0) is 57.1 Å². The summed E-state index contributed by atoms with van der Waals surface area (Å²) < 4.78 is 2.08. The molecule has 1 aliphatic rings. The Balaban J connectivity index is 1.97. The minimum Gasteiger partial charge on any atom is -0.316 e. The first kappa shape index (κ1) is 15.6. The lowest BCUT2D eigenvalue weighted by atomic mass is 9.81. The predicted octanol–water partition coefficient (Wildman–Crippen LogP) is 3.81. The minimum atomic E-state index is 0.449. The lowest BCUT2D eigenvalue weighted by Crippen LogP contribution is -2.35. The van der Waals surface area contributed by atoms with Crippen molar-refractivity contribution in [3.8, 4) is 0 Å². The predicted molar refractivity (Wildman–Crippen MR) is 84.9 cm³/mol. The number of rotatable bonds is 7. The van der Waals surface area contributed by atoms with E-state index in [9.17, 15) is 0 Å². The number of aromatic nitrogens is 2. The van der Waals surface area contributed by atoms with Gasteiger partial charge in [-0.15, -0.1) is 0 Å². The summed E-state index contributed by atoms with van der Waals surface area (Å²) in [4.78, 5) is 0. The zero-order chi connectivity index (χ0) is 14.6. The Labute approximate surface area is 124 Å². The molecule has 0 bridgehead atoms. The highest BCUT2D eigenvalue weighted by Gasteiger charge is 2.34. The molecule has 1 aliphatic carbocycles. The van der Waals surface area contributed by atoms with Crippen LogP contribution in [-0.2, 0) is 6.42 Å². The smallest absolute Gasteiger partial charge is 0.0630 e. The highest BCUT2D eigenvalue weighted by atomic mass is 15.3. The Morgan fingerprint density at radius 2 is 1.95 bits per heavy atom. The second kappa shape index (κ2) is 6.75. The topological polar surface area (TPSA) is 29.9 Å². The van der Waals surface area contributed by atoms with Crippen molar-refractivity contribution >= 4 is 0 Å². The molecule has 0 amide bonds. The Hall–Kier alpha value is -0.830. The maximum atomic E-state index is 4.75. The van der Waals surface area contributed by atoms with Crippen molar-refractivity contribution in [2.45, 2.75) is 65.8 Å².